The first kappa shape index (κ1) is 20.8. The summed E-state index contributed by atoms with van der Waals surface area (Å²) in [6.45, 7) is 7.51. The average molecular weight is 415 g/mol. The van der Waals surface area contributed by atoms with Gasteiger partial charge in [0, 0.05) is 11.2 Å². The number of carbonyl (C=O) groups excluding carboxylic acids is 3. The molecule has 2 heterocycles. The highest BCUT2D eigenvalue weighted by Gasteiger charge is 2.49. The molecule has 2 aromatic rings. The van der Waals surface area contributed by atoms with Crippen LogP contribution < -0.4 is 10.6 Å². The van der Waals surface area contributed by atoms with Crippen molar-refractivity contribution in [2.75, 3.05) is 11.9 Å². The smallest absolute Gasteiger partial charge is 0.319 e. The van der Waals surface area contributed by atoms with E-state index in [1.165, 1.54) is 12.3 Å². The van der Waals surface area contributed by atoms with Crippen LogP contribution in [0.25, 0.3) is 0 Å². The van der Waals surface area contributed by atoms with E-state index in [1.54, 1.807) is 13.0 Å². The first-order chi connectivity index (χ1) is 13.5. The van der Waals surface area contributed by atoms with E-state index < -0.39 is 29.9 Å². The maximum atomic E-state index is 13.0. The Morgan fingerprint density at radius 3 is 2.45 bits per heavy atom. The largest absolute Gasteiger partial charge is 0.325 e. The van der Waals surface area contributed by atoms with Crippen LogP contribution in [0.5, 0.6) is 0 Å². The highest BCUT2D eigenvalue weighted by molar-refractivity contribution is 6.30. The standard InChI is InChI=1S/C21H23ClN4O3/c1-20(2,3)13-5-7-14(8-6-13)21(4)18(28)26(19(29)25-21)12-17(27)24-16-11-15(22)9-10-23-16/h5-11H,12H2,1-4H3,(H,25,29)(H,23,24,27). The van der Waals surface area contributed by atoms with Crippen LogP contribution in [0.15, 0.2) is 42.6 Å². The van der Waals surface area contributed by atoms with Crippen LogP contribution in [0.1, 0.15) is 38.8 Å². The molecular formula is C21H23ClN4O3. The maximum Gasteiger partial charge on any atom is 0.325 e. The first-order valence-electron chi connectivity index (χ1n) is 9.17. The van der Waals surface area contributed by atoms with E-state index in [1.807, 2.05) is 24.3 Å². The van der Waals surface area contributed by atoms with Gasteiger partial charge in [0.25, 0.3) is 5.91 Å². The molecule has 0 radical (unpaired) electrons. The van der Waals surface area contributed by atoms with Crippen LogP contribution in [0.4, 0.5) is 10.6 Å². The van der Waals surface area contributed by atoms with Gasteiger partial charge in [-0.2, -0.15) is 0 Å². The van der Waals surface area contributed by atoms with Crippen molar-refractivity contribution >= 4 is 35.3 Å². The van der Waals surface area contributed by atoms with Crippen LogP contribution in [-0.2, 0) is 20.5 Å². The number of nitrogens with one attached hydrogen (secondary N) is 2. The van der Waals surface area contributed by atoms with Crippen molar-refractivity contribution in [1.82, 2.24) is 15.2 Å². The van der Waals surface area contributed by atoms with Gasteiger partial charge in [0.05, 0.1) is 0 Å². The maximum absolute atomic E-state index is 13.0. The molecule has 3 rings (SSSR count). The zero-order valence-corrected chi connectivity index (χ0v) is 17.5. The Kier molecular flexibility index (Phi) is 5.36. The van der Waals surface area contributed by atoms with Gasteiger partial charge in [-0.05, 0) is 35.6 Å². The summed E-state index contributed by atoms with van der Waals surface area (Å²) in [6, 6.07) is 9.99. The summed E-state index contributed by atoms with van der Waals surface area (Å²) in [7, 11) is 0. The van der Waals surface area contributed by atoms with Gasteiger partial charge in [0.15, 0.2) is 0 Å². The van der Waals surface area contributed by atoms with Crippen molar-refractivity contribution in [3.8, 4) is 0 Å². The lowest BCUT2D eigenvalue weighted by Crippen LogP contribution is -2.42. The fourth-order valence-corrected chi connectivity index (χ4v) is 3.30. The Morgan fingerprint density at radius 2 is 1.86 bits per heavy atom. The van der Waals surface area contributed by atoms with Gasteiger partial charge in [0.1, 0.15) is 17.9 Å². The summed E-state index contributed by atoms with van der Waals surface area (Å²) in [5.41, 5.74) is 0.512. The number of halogens is 1. The Hall–Kier alpha value is -2.93. The van der Waals surface area contributed by atoms with Crippen LogP contribution >= 0.6 is 11.6 Å². The molecule has 29 heavy (non-hydrogen) atoms. The molecule has 1 aromatic carbocycles. The SMILES string of the molecule is CC(C)(C)c1ccc(C2(C)NC(=O)N(CC(=O)Nc3cc(Cl)ccn3)C2=O)cc1. The molecule has 4 amide bonds. The van der Waals surface area contributed by atoms with Gasteiger partial charge in [-0.15, -0.1) is 0 Å². The topological polar surface area (TPSA) is 91.4 Å². The third-order valence-electron chi connectivity index (χ3n) is 4.89. The molecule has 2 N–H and O–H groups in total. The minimum Gasteiger partial charge on any atom is -0.319 e. The normalized spacial score (nSPS) is 19.3. The van der Waals surface area contributed by atoms with E-state index in [0.717, 1.165) is 10.5 Å². The van der Waals surface area contributed by atoms with Gasteiger partial charge < -0.3 is 10.6 Å². The first-order valence-corrected chi connectivity index (χ1v) is 9.55. The Morgan fingerprint density at radius 1 is 1.21 bits per heavy atom. The van der Waals surface area contributed by atoms with E-state index in [4.69, 9.17) is 11.6 Å². The van der Waals surface area contributed by atoms with Crippen molar-refractivity contribution in [2.24, 2.45) is 0 Å². The molecule has 1 fully saturated rings. The molecule has 1 aliphatic rings. The fraction of sp³-hybridized carbons (Fsp3) is 0.333. The van der Waals surface area contributed by atoms with Crippen LogP contribution in [-0.4, -0.2) is 34.3 Å². The second-order valence-corrected chi connectivity index (χ2v) is 8.62. The van der Waals surface area contributed by atoms with E-state index in [0.29, 0.717) is 10.6 Å². The second kappa shape index (κ2) is 7.48. The number of amides is 4. The summed E-state index contributed by atoms with van der Waals surface area (Å²) in [6.07, 6.45) is 1.45. The molecule has 152 valence electrons. The monoisotopic (exact) mass is 414 g/mol. The third kappa shape index (κ3) is 4.24. The third-order valence-corrected chi connectivity index (χ3v) is 5.13. The highest BCUT2D eigenvalue weighted by Crippen LogP contribution is 2.31. The lowest BCUT2D eigenvalue weighted by Gasteiger charge is -2.24. The number of carbonyl (C=O) groups is 3. The molecular weight excluding hydrogens is 392 g/mol. The number of rotatable bonds is 4. The lowest BCUT2D eigenvalue weighted by molar-refractivity contribution is -0.133. The lowest BCUT2D eigenvalue weighted by atomic mass is 9.84. The summed E-state index contributed by atoms with van der Waals surface area (Å²) >= 11 is 5.87. The predicted octanol–water partition coefficient (Wildman–Crippen LogP) is 3.44. The van der Waals surface area contributed by atoms with E-state index in [9.17, 15) is 14.4 Å². The fourth-order valence-electron chi connectivity index (χ4n) is 3.14. The number of benzene rings is 1. The highest BCUT2D eigenvalue weighted by atomic mass is 35.5. The number of imide groups is 1. The Labute approximate surface area is 174 Å². The molecule has 1 aromatic heterocycles. The molecule has 0 bridgehead atoms. The van der Waals surface area contributed by atoms with Crippen LogP contribution in [0.3, 0.4) is 0 Å². The number of anilines is 1. The molecule has 1 aliphatic heterocycles. The zero-order valence-electron chi connectivity index (χ0n) is 16.7. The molecule has 1 atom stereocenters. The quantitative estimate of drug-likeness (QED) is 0.749. The molecule has 0 saturated carbocycles. The van der Waals surface area contributed by atoms with E-state index >= 15 is 0 Å². The number of aromatic nitrogens is 1. The number of hydrogen-bond donors (Lipinski definition) is 2. The van der Waals surface area contributed by atoms with Gasteiger partial charge in [-0.25, -0.2) is 9.78 Å². The molecule has 8 heteroatoms. The Bertz CT molecular complexity index is 969. The van der Waals surface area contributed by atoms with Crippen LogP contribution in [0, 0.1) is 0 Å². The molecule has 1 unspecified atom stereocenters. The molecule has 7 nitrogen and oxygen atoms in total. The summed E-state index contributed by atoms with van der Waals surface area (Å²) in [5.74, 6) is -0.786. The molecule has 1 saturated heterocycles. The summed E-state index contributed by atoms with van der Waals surface area (Å²) in [5, 5.41) is 5.65. The van der Waals surface area contributed by atoms with Gasteiger partial charge in [-0.3, -0.25) is 14.5 Å². The zero-order chi connectivity index (χ0) is 21.4. The number of nitrogens with zero attached hydrogens (tertiary/aromatic N) is 2. The Balaban J connectivity index is 1.75. The molecule has 0 aliphatic carbocycles. The van der Waals surface area contributed by atoms with Gasteiger partial charge >= 0.3 is 6.03 Å². The number of pyridine rings is 1. The van der Waals surface area contributed by atoms with Crippen molar-refractivity contribution in [1.29, 1.82) is 0 Å². The van der Waals surface area contributed by atoms with Crippen LogP contribution in [0.2, 0.25) is 5.02 Å². The minimum absolute atomic E-state index is 0.0269. The average Bonchev–Trinajstić information content (AvgIpc) is 2.85. The van der Waals surface area contributed by atoms with Crippen molar-refractivity contribution in [2.45, 2.75) is 38.6 Å². The van der Waals surface area contributed by atoms with Crippen molar-refractivity contribution in [3.63, 3.8) is 0 Å². The molecule has 0 spiro atoms. The van der Waals surface area contributed by atoms with Gasteiger partial charge in [-0.1, -0.05) is 56.6 Å². The van der Waals surface area contributed by atoms with Crippen molar-refractivity contribution < 1.29 is 14.4 Å². The minimum atomic E-state index is -1.23. The number of urea groups is 1. The second-order valence-electron chi connectivity index (χ2n) is 8.18. The number of hydrogen-bond acceptors (Lipinski definition) is 4. The predicted molar refractivity (Wildman–Crippen MR) is 111 cm³/mol. The van der Waals surface area contributed by atoms with E-state index in [2.05, 4.69) is 36.4 Å². The van der Waals surface area contributed by atoms with E-state index in [-0.39, 0.29) is 11.2 Å². The summed E-state index contributed by atoms with van der Waals surface area (Å²) in [4.78, 5) is 42.6. The van der Waals surface area contributed by atoms with Gasteiger partial charge in [0.2, 0.25) is 5.91 Å². The summed E-state index contributed by atoms with van der Waals surface area (Å²) < 4.78 is 0. The van der Waals surface area contributed by atoms with Crippen molar-refractivity contribution in [3.05, 3.63) is 58.7 Å².